The monoisotopic (exact) mass is 415 g/mol. The maximum atomic E-state index is 13.3. The summed E-state index contributed by atoms with van der Waals surface area (Å²) in [4.78, 5) is 19.0. The highest BCUT2D eigenvalue weighted by Crippen LogP contribution is 2.40. The van der Waals surface area contributed by atoms with E-state index in [4.69, 9.17) is 10.5 Å². The predicted molar refractivity (Wildman–Crippen MR) is 110 cm³/mol. The summed E-state index contributed by atoms with van der Waals surface area (Å²) in [5.41, 5.74) is 6.53. The molecule has 8 heteroatoms. The number of aliphatic imine (C=N–C) groups is 1. The molecule has 1 aliphatic heterocycles. The number of nitrogens with zero attached hydrogens (tertiary/aromatic N) is 2. The summed E-state index contributed by atoms with van der Waals surface area (Å²) in [6.07, 6.45) is 3.77. The molecule has 3 rings (SSSR count). The van der Waals surface area contributed by atoms with Crippen LogP contribution in [0, 0.1) is 0 Å². The number of ether oxygens (including phenoxy) is 2. The average molecular weight is 415 g/mol. The van der Waals surface area contributed by atoms with Crippen LogP contribution in [0.15, 0.2) is 59.6 Å². The third-order valence-corrected chi connectivity index (χ3v) is 4.77. The second-order valence-corrected chi connectivity index (χ2v) is 6.63. The van der Waals surface area contributed by atoms with Gasteiger partial charge in [-0.2, -0.15) is 8.78 Å². The zero-order chi connectivity index (χ0) is 21.7. The molecule has 2 aromatic rings. The minimum atomic E-state index is -2.93. The quantitative estimate of drug-likeness (QED) is 0.671. The third-order valence-electron chi connectivity index (χ3n) is 4.77. The van der Waals surface area contributed by atoms with E-state index in [1.54, 1.807) is 25.2 Å². The molecule has 0 aromatic heterocycles. The molecule has 2 N–H and O–H groups in total. The molecule has 1 aliphatic rings. The van der Waals surface area contributed by atoms with E-state index >= 15 is 0 Å². The van der Waals surface area contributed by atoms with Crippen molar-refractivity contribution in [1.29, 1.82) is 0 Å². The highest BCUT2D eigenvalue weighted by molar-refractivity contribution is 6.09. The lowest BCUT2D eigenvalue weighted by atomic mass is 9.82. The predicted octanol–water partition coefficient (Wildman–Crippen LogP) is 3.37. The van der Waals surface area contributed by atoms with Crippen LogP contribution in [0.1, 0.15) is 23.6 Å². The minimum Gasteiger partial charge on any atom is -0.435 e. The molecule has 158 valence electrons. The minimum absolute atomic E-state index is 0.00717. The van der Waals surface area contributed by atoms with Gasteiger partial charge in [0.05, 0.1) is 6.61 Å². The van der Waals surface area contributed by atoms with Gasteiger partial charge in [0.2, 0.25) is 0 Å². The van der Waals surface area contributed by atoms with Crippen molar-refractivity contribution in [1.82, 2.24) is 4.90 Å². The summed E-state index contributed by atoms with van der Waals surface area (Å²) < 4.78 is 34.7. The van der Waals surface area contributed by atoms with E-state index in [2.05, 4.69) is 9.73 Å². The summed E-state index contributed by atoms with van der Waals surface area (Å²) in [5, 5.41) is 0. The Balaban J connectivity index is 2.05. The largest absolute Gasteiger partial charge is 0.435 e. The van der Waals surface area contributed by atoms with Crippen LogP contribution < -0.4 is 10.5 Å². The summed E-state index contributed by atoms with van der Waals surface area (Å²) in [7, 11) is 1.54. The fourth-order valence-corrected chi connectivity index (χ4v) is 3.30. The first-order valence-corrected chi connectivity index (χ1v) is 9.42. The number of carbonyl (C=O) groups is 1. The van der Waals surface area contributed by atoms with E-state index in [0.29, 0.717) is 24.3 Å². The molecular weight excluding hydrogens is 392 g/mol. The Morgan fingerprint density at radius 2 is 1.93 bits per heavy atom. The van der Waals surface area contributed by atoms with E-state index < -0.39 is 12.2 Å². The van der Waals surface area contributed by atoms with Crippen molar-refractivity contribution >= 4 is 17.9 Å². The fourth-order valence-electron chi connectivity index (χ4n) is 3.30. The lowest BCUT2D eigenvalue weighted by Crippen LogP contribution is -2.41. The van der Waals surface area contributed by atoms with Crippen LogP contribution in [0.3, 0.4) is 0 Å². The van der Waals surface area contributed by atoms with Crippen molar-refractivity contribution in [3.05, 3.63) is 71.3 Å². The van der Waals surface area contributed by atoms with Crippen LogP contribution >= 0.6 is 0 Å². The first-order valence-electron chi connectivity index (χ1n) is 9.42. The van der Waals surface area contributed by atoms with Gasteiger partial charge in [-0.15, -0.1) is 0 Å². The molecule has 0 aliphatic carbocycles. The van der Waals surface area contributed by atoms with Crippen molar-refractivity contribution in [3.63, 3.8) is 0 Å². The van der Waals surface area contributed by atoms with E-state index in [1.807, 2.05) is 37.3 Å². The Kier molecular flexibility index (Phi) is 6.47. The lowest BCUT2D eigenvalue weighted by Gasteiger charge is -2.26. The zero-order valence-electron chi connectivity index (χ0n) is 16.7. The van der Waals surface area contributed by atoms with Gasteiger partial charge in [0.1, 0.15) is 5.75 Å². The first kappa shape index (κ1) is 21.4. The highest BCUT2D eigenvalue weighted by atomic mass is 19.3. The number of likely N-dealkylation sites (N-methyl/N-ethyl adjacent to an activating group) is 1. The average Bonchev–Trinajstić information content (AvgIpc) is 2.96. The Morgan fingerprint density at radius 1 is 1.20 bits per heavy atom. The standard InChI is InChI=1S/C22H23F2N3O3/c1-3-29-13-5-7-15-6-4-8-17(14-15)22(19(28)27(2)21(25)26-22)16-9-11-18(12-10-16)30-20(23)24/h4-12,14,20H,3,13H2,1-2H3,(H2,25,26)/b7-5-. The van der Waals surface area contributed by atoms with Gasteiger partial charge in [-0.1, -0.05) is 42.5 Å². The second kappa shape index (κ2) is 9.04. The maximum absolute atomic E-state index is 13.3. The molecule has 0 saturated carbocycles. The number of nitrogens with two attached hydrogens (primary N) is 1. The molecule has 30 heavy (non-hydrogen) atoms. The van der Waals surface area contributed by atoms with Crippen LogP contribution in [0.5, 0.6) is 5.75 Å². The number of carbonyl (C=O) groups excluding carboxylic acids is 1. The molecule has 2 aromatic carbocycles. The molecule has 0 fully saturated rings. The third kappa shape index (κ3) is 4.18. The molecular formula is C22H23F2N3O3. The topological polar surface area (TPSA) is 77.2 Å². The highest BCUT2D eigenvalue weighted by Gasteiger charge is 2.49. The second-order valence-electron chi connectivity index (χ2n) is 6.63. The molecule has 1 atom stereocenters. The molecule has 0 saturated heterocycles. The van der Waals surface area contributed by atoms with Gasteiger partial charge >= 0.3 is 6.61 Å². The van der Waals surface area contributed by atoms with Crippen LogP contribution in [-0.2, 0) is 15.1 Å². The Bertz CT molecular complexity index is 960. The van der Waals surface area contributed by atoms with Gasteiger partial charge in [-0.3, -0.25) is 9.69 Å². The van der Waals surface area contributed by atoms with Gasteiger partial charge in [0.15, 0.2) is 11.5 Å². The first-order chi connectivity index (χ1) is 14.4. The van der Waals surface area contributed by atoms with Crippen LogP contribution in [-0.4, -0.2) is 43.6 Å². The molecule has 1 amide bonds. The Morgan fingerprint density at radius 3 is 2.53 bits per heavy atom. The number of hydrogen-bond acceptors (Lipinski definition) is 5. The van der Waals surface area contributed by atoms with Crippen molar-refractivity contribution < 1.29 is 23.0 Å². The van der Waals surface area contributed by atoms with Crippen LogP contribution in [0.25, 0.3) is 6.08 Å². The molecule has 1 heterocycles. The number of halogens is 2. The number of rotatable bonds is 8. The van der Waals surface area contributed by atoms with E-state index in [9.17, 15) is 13.6 Å². The van der Waals surface area contributed by atoms with E-state index in [-0.39, 0.29) is 17.6 Å². The SMILES string of the molecule is CCOC/C=C\c1cccc(C2(c3ccc(OC(F)F)cc3)N=C(N)N(C)C2=O)c1. The smallest absolute Gasteiger partial charge is 0.387 e. The number of hydrogen-bond donors (Lipinski definition) is 1. The van der Waals surface area contributed by atoms with Gasteiger partial charge in [-0.05, 0) is 41.8 Å². The number of amides is 1. The van der Waals surface area contributed by atoms with Gasteiger partial charge in [-0.25, -0.2) is 4.99 Å². The molecule has 1 unspecified atom stereocenters. The maximum Gasteiger partial charge on any atom is 0.387 e. The lowest BCUT2D eigenvalue weighted by molar-refractivity contribution is -0.129. The summed E-state index contributed by atoms with van der Waals surface area (Å²) in [6, 6.07) is 13.2. The number of guanidine groups is 1. The van der Waals surface area contributed by atoms with Crippen molar-refractivity contribution in [2.24, 2.45) is 10.7 Å². The van der Waals surface area contributed by atoms with E-state index in [0.717, 1.165) is 5.56 Å². The van der Waals surface area contributed by atoms with Gasteiger partial charge in [0.25, 0.3) is 5.91 Å². The van der Waals surface area contributed by atoms with Crippen LogP contribution in [0.2, 0.25) is 0 Å². The molecule has 0 radical (unpaired) electrons. The van der Waals surface area contributed by atoms with Gasteiger partial charge in [0, 0.05) is 13.7 Å². The van der Waals surface area contributed by atoms with E-state index in [1.165, 1.54) is 17.0 Å². The molecule has 0 spiro atoms. The van der Waals surface area contributed by atoms with Gasteiger partial charge < -0.3 is 15.2 Å². The molecule has 0 bridgehead atoms. The summed E-state index contributed by atoms with van der Waals surface area (Å²) in [6.45, 7) is 0.0797. The zero-order valence-corrected chi connectivity index (χ0v) is 16.7. The Hall–Kier alpha value is -3.26. The summed E-state index contributed by atoms with van der Waals surface area (Å²) >= 11 is 0. The number of alkyl halides is 2. The van der Waals surface area contributed by atoms with Crippen molar-refractivity contribution in [2.45, 2.75) is 19.1 Å². The fraction of sp³-hybridized carbons (Fsp3) is 0.273. The normalized spacial score (nSPS) is 19.0. The summed E-state index contributed by atoms with van der Waals surface area (Å²) in [5.74, 6) is -0.268. The van der Waals surface area contributed by atoms with Crippen molar-refractivity contribution in [3.8, 4) is 5.75 Å². The molecule has 6 nitrogen and oxygen atoms in total. The van der Waals surface area contributed by atoms with Crippen LogP contribution in [0.4, 0.5) is 8.78 Å². The Labute approximate surface area is 173 Å². The number of benzene rings is 2. The van der Waals surface area contributed by atoms with Crippen molar-refractivity contribution in [2.75, 3.05) is 20.3 Å².